The maximum Gasteiger partial charge on any atom is 0.321 e. The molecule has 0 atom stereocenters. The van der Waals surface area contributed by atoms with Gasteiger partial charge in [0, 0.05) is 23.3 Å². The largest absolute Gasteiger partial charge is 0.467 e. The Balaban J connectivity index is 1.65. The van der Waals surface area contributed by atoms with Gasteiger partial charge in [0.05, 0.1) is 16.4 Å². The second kappa shape index (κ2) is 8.33. The average Bonchev–Trinajstić information content (AvgIpc) is 2.71. The third-order valence-corrected chi connectivity index (χ3v) is 5.25. The molecule has 0 unspecified atom stereocenters. The summed E-state index contributed by atoms with van der Waals surface area (Å²) in [4.78, 5) is 22.4. The Kier molecular flexibility index (Phi) is 5.87. The highest BCUT2D eigenvalue weighted by molar-refractivity contribution is 7.89. The lowest BCUT2D eigenvalue weighted by molar-refractivity contribution is -0.385. The summed E-state index contributed by atoms with van der Waals surface area (Å²) in [7, 11) is -3.85. The van der Waals surface area contributed by atoms with Crippen LogP contribution in [0.25, 0.3) is 0 Å². The molecule has 28 heavy (non-hydrogen) atoms. The van der Waals surface area contributed by atoms with Crippen molar-refractivity contribution in [2.24, 2.45) is 0 Å². The molecule has 1 aliphatic rings. The van der Waals surface area contributed by atoms with Crippen molar-refractivity contribution >= 4 is 21.7 Å². The number of fused-ring (bicyclic) bond motifs is 1. The van der Waals surface area contributed by atoms with E-state index in [1.54, 1.807) is 18.2 Å². The number of ether oxygens (including phenoxy) is 3. The first-order valence-electron chi connectivity index (χ1n) is 8.08. The molecular formula is C17H16N2O8S. The van der Waals surface area contributed by atoms with Crippen LogP contribution in [0.15, 0.2) is 47.4 Å². The number of esters is 1. The number of non-ortho nitro benzene ring substituents is 1. The van der Waals surface area contributed by atoms with E-state index in [1.807, 2.05) is 0 Å². The number of nitrogens with zero attached hydrogens (tertiary/aromatic N) is 1. The monoisotopic (exact) mass is 408 g/mol. The van der Waals surface area contributed by atoms with Gasteiger partial charge in [-0.05, 0) is 12.1 Å². The summed E-state index contributed by atoms with van der Waals surface area (Å²) in [6.07, 6.45) is 0. The van der Waals surface area contributed by atoms with Crippen LogP contribution < -0.4 is 9.46 Å². The van der Waals surface area contributed by atoms with Crippen LogP contribution in [0.2, 0.25) is 0 Å². The standard InChI is InChI=1S/C17H16N2O8S/c20-16(8-18-28(23,24)15-4-2-1-3-5-15)26-10-13-7-14(19(21)22)6-12-9-25-11-27-17(12)13/h1-7,18H,8-11H2. The van der Waals surface area contributed by atoms with Crippen molar-refractivity contribution in [3.63, 3.8) is 0 Å². The Labute approximate surface area is 160 Å². The molecule has 1 heterocycles. The van der Waals surface area contributed by atoms with E-state index in [0.29, 0.717) is 16.9 Å². The lowest BCUT2D eigenvalue weighted by atomic mass is 10.1. The zero-order chi connectivity index (χ0) is 20.1. The van der Waals surface area contributed by atoms with E-state index in [9.17, 15) is 23.3 Å². The molecule has 0 aliphatic carbocycles. The Bertz CT molecular complexity index is 992. The summed E-state index contributed by atoms with van der Waals surface area (Å²) in [5, 5.41) is 11.1. The minimum Gasteiger partial charge on any atom is -0.467 e. The second-order valence-corrected chi connectivity index (χ2v) is 7.53. The number of benzene rings is 2. The normalized spacial score (nSPS) is 13.3. The number of nitrogens with one attached hydrogen (secondary N) is 1. The van der Waals surface area contributed by atoms with Gasteiger partial charge in [0.25, 0.3) is 5.69 Å². The molecule has 0 aromatic heterocycles. The number of hydrogen-bond donors (Lipinski definition) is 1. The van der Waals surface area contributed by atoms with E-state index in [4.69, 9.17) is 14.2 Å². The van der Waals surface area contributed by atoms with E-state index in [2.05, 4.69) is 4.72 Å². The van der Waals surface area contributed by atoms with Crippen LogP contribution in [0.1, 0.15) is 11.1 Å². The molecule has 0 saturated carbocycles. The molecule has 148 valence electrons. The van der Waals surface area contributed by atoms with Gasteiger partial charge < -0.3 is 14.2 Å². The second-order valence-electron chi connectivity index (χ2n) is 5.76. The van der Waals surface area contributed by atoms with Crippen LogP contribution in [-0.2, 0) is 37.5 Å². The molecule has 1 aliphatic heterocycles. The quantitative estimate of drug-likeness (QED) is 0.414. The maximum absolute atomic E-state index is 12.1. The lowest BCUT2D eigenvalue weighted by Gasteiger charge is -2.20. The van der Waals surface area contributed by atoms with Crippen molar-refractivity contribution in [3.05, 3.63) is 63.7 Å². The third-order valence-electron chi connectivity index (χ3n) is 3.83. The van der Waals surface area contributed by atoms with Crippen molar-refractivity contribution in [1.82, 2.24) is 4.72 Å². The highest BCUT2D eigenvalue weighted by atomic mass is 32.2. The first-order valence-corrected chi connectivity index (χ1v) is 9.56. The molecular weight excluding hydrogens is 392 g/mol. The Morgan fingerprint density at radius 2 is 2.00 bits per heavy atom. The van der Waals surface area contributed by atoms with Crippen LogP contribution >= 0.6 is 0 Å². The molecule has 1 N–H and O–H groups in total. The third kappa shape index (κ3) is 4.63. The van der Waals surface area contributed by atoms with Crippen LogP contribution in [-0.4, -0.2) is 32.6 Å². The molecule has 0 radical (unpaired) electrons. The number of sulfonamides is 1. The molecule has 0 amide bonds. The zero-order valence-electron chi connectivity index (χ0n) is 14.5. The van der Waals surface area contributed by atoms with E-state index in [1.165, 1.54) is 24.3 Å². The van der Waals surface area contributed by atoms with Gasteiger partial charge in [-0.2, -0.15) is 4.72 Å². The number of carbonyl (C=O) groups excluding carboxylic acids is 1. The number of hydrogen-bond acceptors (Lipinski definition) is 8. The SMILES string of the molecule is O=C(CNS(=O)(=O)c1ccccc1)OCc1cc([N+](=O)[O-])cc2c1OCOC2. The van der Waals surface area contributed by atoms with Gasteiger partial charge in [0.1, 0.15) is 18.9 Å². The molecule has 3 rings (SSSR count). The average molecular weight is 408 g/mol. The molecule has 0 saturated heterocycles. The summed E-state index contributed by atoms with van der Waals surface area (Å²) in [5.74, 6) is -0.485. The van der Waals surface area contributed by atoms with E-state index < -0.39 is 27.5 Å². The van der Waals surface area contributed by atoms with E-state index in [0.717, 1.165) is 0 Å². The first-order chi connectivity index (χ1) is 13.4. The van der Waals surface area contributed by atoms with Gasteiger partial charge in [-0.3, -0.25) is 14.9 Å². The van der Waals surface area contributed by atoms with Gasteiger partial charge in [-0.15, -0.1) is 0 Å². The predicted molar refractivity (Wildman–Crippen MR) is 94.8 cm³/mol. The van der Waals surface area contributed by atoms with Crippen LogP contribution in [0.5, 0.6) is 5.75 Å². The van der Waals surface area contributed by atoms with Gasteiger partial charge in [-0.25, -0.2) is 8.42 Å². The summed E-state index contributed by atoms with van der Waals surface area (Å²) in [5.41, 5.74) is 0.576. The first kappa shape index (κ1) is 19.7. The molecule has 2 aromatic rings. The number of carbonyl (C=O) groups is 1. The van der Waals surface area contributed by atoms with Gasteiger partial charge in [0.2, 0.25) is 10.0 Å². The Morgan fingerprint density at radius 3 is 2.71 bits per heavy atom. The highest BCUT2D eigenvalue weighted by Gasteiger charge is 2.22. The van der Waals surface area contributed by atoms with Crippen molar-refractivity contribution in [2.75, 3.05) is 13.3 Å². The van der Waals surface area contributed by atoms with Crippen molar-refractivity contribution in [1.29, 1.82) is 0 Å². The molecule has 0 fully saturated rings. The summed E-state index contributed by atoms with van der Waals surface area (Å²) >= 11 is 0. The lowest BCUT2D eigenvalue weighted by Crippen LogP contribution is -2.30. The van der Waals surface area contributed by atoms with Crippen LogP contribution in [0.4, 0.5) is 5.69 Å². The van der Waals surface area contributed by atoms with Crippen molar-refractivity contribution in [2.45, 2.75) is 18.1 Å². The maximum atomic E-state index is 12.1. The molecule has 2 aromatic carbocycles. The van der Waals surface area contributed by atoms with Gasteiger partial charge in [-0.1, -0.05) is 18.2 Å². The summed E-state index contributed by atoms with van der Waals surface area (Å²) in [6.45, 7) is -0.786. The minimum absolute atomic E-state index is 0.0175. The zero-order valence-corrected chi connectivity index (χ0v) is 15.3. The summed E-state index contributed by atoms with van der Waals surface area (Å²) < 4.78 is 41.8. The van der Waals surface area contributed by atoms with Crippen molar-refractivity contribution in [3.8, 4) is 5.75 Å². The number of nitro groups is 1. The fourth-order valence-electron chi connectivity index (χ4n) is 2.54. The molecule has 11 heteroatoms. The topological polar surface area (TPSA) is 134 Å². The van der Waals surface area contributed by atoms with Crippen LogP contribution in [0.3, 0.4) is 0 Å². The fraction of sp³-hybridized carbons (Fsp3) is 0.235. The minimum atomic E-state index is -3.85. The van der Waals surface area contributed by atoms with Crippen molar-refractivity contribution < 1.29 is 32.3 Å². The van der Waals surface area contributed by atoms with Gasteiger partial charge >= 0.3 is 5.97 Å². The smallest absolute Gasteiger partial charge is 0.321 e. The fourth-order valence-corrected chi connectivity index (χ4v) is 3.53. The van der Waals surface area contributed by atoms with E-state index in [-0.39, 0.29) is 30.6 Å². The summed E-state index contributed by atoms with van der Waals surface area (Å²) in [6, 6.07) is 10.1. The van der Waals surface area contributed by atoms with Gasteiger partial charge in [0.15, 0.2) is 6.79 Å². The Hall–Kier alpha value is -3.02. The molecule has 10 nitrogen and oxygen atoms in total. The number of rotatable bonds is 7. The van der Waals surface area contributed by atoms with Crippen LogP contribution in [0, 0.1) is 10.1 Å². The predicted octanol–water partition coefficient (Wildman–Crippen LogP) is 1.48. The molecule has 0 bridgehead atoms. The Morgan fingerprint density at radius 1 is 1.25 bits per heavy atom. The highest BCUT2D eigenvalue weighted by Crippen LogP contribution is 2.33. The molecule has 0 spiro atoms. The number of nitro benzene ring substituents is 1. The van der Waals surface area contributed by atoms with E-state index >= 15 is 0 Å².